The van der Waals surface area contributed by atoms with Crippen LogP contribution in [0.15, 0.2) is 16.9 Å². The first-order valence-electron chi connectivity index (χ1n) is 8.31. The second kappa shape index (κ2) is 6.53. The Bertz CT molecular complexity index is 749. The number of rotatable bonds is 2. The Morgan fingerprint density at radius 3 is 2.75 bits per heavy atom. The van der Waals surface area contributed by atoms with Crippen molar-refractivity contribution in [2.24, 2.45) is 11.8 Å². The van der Waals surface area contributed by atoms with E-state index in [9.17, 15) is 10.2 Å². The fourth-order valence-electron chi connectivity index (χ4n) is 4.28. The van der Waals surface area contributed by atoms with Gasteiger partial charge in [0, 0.05) is 16.9 Å². The number of nitrogens with one attached hydrogen (secondary N) is 1. The topological polar surface area (TPSA) is 83.2 Å². The highest BCUT2D eigenvalue weighted by Gasteiger charge is 2.46. The average molecular weight is 416 g/mol. The number of aliphatic hydroxyl groups excluding tert-OH is 2. The second-order valence-corrected chi connectivity index (χ2v) is 7.99. The third kappa shape index (κ3) is 2.76. The van der Waals surface area contributed by atoms with Crippen molar-refractivity contribution in [1.82, 2.24) is 19.9 Å². The lowest BCUT2D eigenvalue weighted by atomic mass is 9.82. The Morgan fingerprint density at radius 1 is 1.25 bits per heavy atom. The molecule has 4 atom stereocenters. The molecular formula is C16H20BrClN4O2. The number of nitrogens with zero attached hydrogens (tertiary/aromatic N) is 3. The Morgan fingerprint density at radius 2 is 2.00 bits per heavy atom. The maximum absolute atomic E-state index is 10.7. The van der Waals surface area contributed by atoms with E-state index in [2.05, 4.69) is 31.2 Å². The van der Waals surface area contributed by atoms with Crippen molar-refractivity contribution in [3.05, 3.63) is 22.1 Å². The SMILES string of the molecule is O[C@@H]1[C@H](O)[C@@H](C2CCNCC2)C[C@@H]1n1cc(Br)c2cnc(Cl)nc21. The molecule has 4 rings (SSSR count). The quantitative estimate of drug-likeness (QED) is 0.655. The van der Waals surface area contributed by atoms with E-state index in [1.165, 1.54) is 0 Å². The predicted octanol–water partition coefficient (Wildman–Crippen LogP) is 2.13. The summed E-state index contributed by atoms with van der Waals surface area (Å²) in [5, 5.41) is 25.7. The summed E-state index contributed by atoms with van der Waals surface area (Å²) in [6.07, 6.45) is 4.91. The molecular weight excluding hydrogens is 396 g/mol. The molecule has 1 aliphatic heterocycles. The van der Waals surface area contributed by atoms with E-state index in [1.54, 1.807) is 6.20 Å². The van der Waals surface area contributed by atoms with Crippen LogP contribution >= 0.6 is 27.5 Å². The summed E-state index contributed by atoms with van der Waals surface area (Å²) in [5.41, 5.74) is 0.684. The van der Waals surface area contributed by atoms with Gasteiger partial charge in [-0.25, -0.2) is 4.98 Å². The van der Waals surface area contributed by atoms with Crippen molar-refractivity contribution in [2.45, 2.75) is 37.5 Å². The molecule has 2 aliphatic rings. The molecule has 3 heterocycles. The van der Waals surface area contributed by atoms with Gasteiger partial charge in [-0.2, -0.15) is 4.98 Å². The normalized spacial score (nSPS) is 31.8. The molecule has 24 heavy (non-hydrogen) atoms. The number of hydrogen-bond acceptors (Lipinski definition) is 5. The largest absolute Gasteiger partial charge is 0.390 e. The van der Waals surface area contributed by atoms with E-state index in [0.717, 1.165) is 42.2 Å². The summed E-state index contributed by atoms with van der Waals surface area (Å²) in [6, 6.07) is -0.209. The second-order valence-electron chi connectivity index (χ2n) is 6.80. The number of fused-ring (bicyclic) bond motifs is 1. The van der Waals surface area contributed by atoms with E-state index in [0.29, 0.717) is 11.6 Å². The van der Waals surface area contributed by atoms with Crippen molar-refractivity contribution in [1.29, 1.82) is 0 Å². The van der Waals surface area contributed by atoms with E-state index in [4.69, 9.17) is 11.6 Å². The maximum Gasteiger partial charge on any atom is 0.224 e. The highest BCUT2D eigenvalue weighted by Crippen LogP contribution is 2.43. The molecule has 1 aliphatic carbocycles. The molecule has 8 heteroatoms. The highest BCUT2D eigenvalue weighted by atomic mass is 79.9. The van der Waals surface area contributed by atoms with Crippen LogP contribution in [0.2, 0.25) is 5.28 Å². The van der Waals surface area contributed by atoms with Crippen LogP contribution in [0.25, 0.3) is 11.0 Å². The van der Waals surface area contributed by atoms with Gasteiger partial charge in [0.15, 0.2) is 0 Å². The van der Waals surface area contributed by atoms with E-state index in [-0.39, 0.29) is 17.2 Å². The maximum atomic E-state index is 10.7. The van der Waals surface area contributed by atoms with Gasteiger partial charge in [-0.05, 0) is 71.7 Å². The molecule has 0 amide bonds. The van der Waals surface area contributed by atoms with Gasteiger partial charge in [0.25, 0.3) is 0 Å². The van der Waals surface area contributed by atoms with E-state index in [1.807, 2.05) is 10.8 Å². The first kappa shape index (κ1) is 16.7. The van der Waals surface area contributed by atoms with Gasteiger partial charge in [-0.15, -0.1) is 0 Å². The third-order valence-corrected chi connectivity index (χ3v) is 6.35. The Balaban J connectivity index is 1.68. The van der Waals surface area contributed by atoms with Gasteiger partial charge in [-0.1, -0.05) is 0 Å². The van der Waals surface area contributed by atoms with Gasteiger partial charge in [-0.3, -0.25) is 0 Å². The third-order valence-electron chi connectivity index (χ3n) is 5.54. The Hall–Kier alpha value is -0.730. The average Bonchev–Trinajstić information content (AvgIpc) is 3.06. The molecule has 2 aromatic rings. The van der Waals surface area contributed by atoms with Gasteiger partial charge >= 0.3 is 0 Å². The monoisotopic (exact) mass is 414 g/mol. The Labute approximate surface area is 153 Å². The number of hydrogen-bond donors (Lipinski definition) is 3. The van der Waals surface area contributed by atoms with Crippen molar-refractivity contribution in [2.75, 3.05) is 13.1 Å². The van der Waals surface area contributed by atoms with Gasteiger partial charge in [0.05, 0.1) is 17.5 Å². The van der Waals surface area contributed by atoms with Crippen LogP contribution in [0.1, 0.15) is 25.3 Å². The molecule has 0 unspecified atom stereocenters. The number of piperidine rings is 1. The number of aromatic nitrogens is 3. The van der Waals surface area contributed by atoms with Crippen molar-refractivity contribution >= 4 is 38.6 Å². The van der Waals surface area contributed by atoms with Crippen LogP contribution in [0.5, 0.6) is 0 Å². The minimum absolute atomic E-state index is 0.112. The number of aliphatic hydroxyl groups is 2. The van der Waals surface area contributed by atoms with Crippen LogP contribution in [-0.2, 0) is 0 Å². The minimum Gasteiger partial charge on any atom is -0.390 e. The summed E-state index contributed by atoms with van der Waals surface area (Å²) in [6.45, 7) is 1.96. The zero-order valence-corrected chi connectivity index (χ0v) is 15.4. The van der Waals surface area contributed by atoms with Crippen molar-refractivity contribution < 1.29 is 10.2 Å². The van der Waals surface area contributed by atoms with Crippen LogP contribution in [0.4, 0.5) is 0 Å². The summed E-state index contributed by atoms with van der Waals surface area (Å²) < 4.78 is 2.79. The standard InChI is InChI=1S/C16H20BrClN4O2/c17-11-7-22(15-10(11)6-20-16(18)21-15)12-5-9(13(23)14(12)24)8-1-3-19-4-2-8/h6-9,12-14,19,23-24H,1-5H2/t9-,12+,13-,14+/m1/s1. The van der Waals surface area contributed by atoms with E-state index < -0.39 is 12.2 Å². The fraction of sp³-hybridized carbons (Fsp3) is 0.625. The van der Waals surface area contributed by atoms with Gasteiger partial charge in [0.1, 0.15) is 11.8 Å². The Kier molecular flexibility index (Phi) is 4.55. The molecule has 1 saturated heterocycles. The van der Waals surface area contributed by atoms with Gasteiger partial charge < -0.3 is 20.1 Å². The molecule has 0 radical (unpaired) electrons. The molecule has 2 fully saturated rings. The predicted molar refractivity (Wildman–Crippen MR) is 95.0 cm³/mol. The van der Waals surface area contributed by atoms with Crippen LogP contribution in [-0.4, -0.2) is 50.0 Å². The molecule has 3 N–H and O–H groups in total. The van der Waals surface area contributed by atoms with Gasteiger partial charge in [0.2, 0.25) is 5.28 Å². The molecule has 0 aromatic carbocycles. The summed E-state index contributed by atoms with van der Waals surface area (Å²) in [5.74, 6) is 0.560. The fourth-order valence-corrected chi connectivity index (χ4v) is 4.91. The molecule has 2 aromatic heterocycles. The van der Waals surface area contributed by atoms with Crippen LogP contribution in [0, 0.1) is 11.8 Å². The first-order valence-corrected chi connectivity index (χ1v) is 9.49. The lowest BCUT2D eigenvalue weighted by Gasteiger charge is -2.30. The van der Waals surface area contributed by atoms with Crippen LogP contribution < -0.4 is 5.32 Å². The highest BCUT2D eigenvalue weighted by molar-refractivity contribution is 9.10. The molecule has 0 bridgehead atoms. The summed E-state index contributed by atoms with van der Waals surface area (Å²) >= 11 is 9.47. The van der Waals surface area contributed by atoms with Crippen molar-refractivity contribution in [3.8, 4) is 0 Å². The smallest absolute Gasteiger partial charge is 0.224 e. The zero-order valence-electron chi connectivity index (χ0n) is 13.1. The van der Waals surface area contributed by atoms with Crippen LogP contribution in [0.3, 0.4) is 0 Å². The molecule has 6 nitrogen and oxygen atoms in total. The minimum atomic E-state index is -0.805. The summed E-state index contributed by atoms with van der Waals surface area (Å²) in [7, 11) is 0. The molecule has 1 saturated carbocycles. The lowest BCUT2D eigenvalue weighted by Crippen LogP contribution is -2.37. The molecule has 130 valence electrons. The summed E-state index contributed by atoms with van der Waals surface area (Å²) in [4.78, 5) is 8.35. The van der Waals surface area contributed by atoms with Crippen molar-refractivity contribution in [3.63, 3.8) is 0 Å². The zero-order chi connectivity index (χ0) is 16.8. The number of halogens is 2. The van der Waals surface area contributed by atoms with E-state index >= 15 is 0 Å². The molecule has 0 spiro atoms. The lowest BCUT2D eigenvalue weighted by molar-refractivity contribution is -0.00768. The first-order chi connectivity index (χ1) is 11.6.